The molecule has 5 rings (SSSR count). The smallest absolute Gasteiger partial charge is 0.138 e. The molecule has 0 unspecified atom stereocenters. The summed E-state index contributed by atoms with van der Waals surface area (Å²) in [6.07, 6.45) is 0. The highest BCUT2D eigenvalue weighted by molar-refractivity contribution is 5.89. The van der Waals surface area contributed by atoms with Crippen molar-refractivity contribution < 1.29 is 4.74 Å². The van der Waals surface area contributed by atoms with Crippen LogP contribution in [0.3, 0.4) is 0 Å². The molecule has 0 saturated heterocycles. The van der Waals surface area contributed by atoms with E-state index in [1.54, 1.807) is 7.11 Å². The molecule has 27 heavy (non-hydrogen) atoms. The SMILES string of the molecule is COc1ccc2cc(-c3cccc(-c4nc5ccccc5[nH]4)c3)ccc2c1. The van der Waals surface area contributed by atoms with Crippen LogP contribution in [0.2, 0.25) is 0 Å². The summed E-state index contributed by atoms with van der Waals surface area (Å²) < 4.78 is 5.32. The molecule has 0 bridgehead atoms. The Morgan fingerprint density at radius 1 is 0.704 bits per heavy atom. The van der Waals surface area contributed by atoms with Gasteiger partial charge in [0.2, 0.25) is 0 Å². The summed E-state index contributed by atoms with van der Waals surface area (Å²) in [5.74, 6) is 1.77. The average Bonchev–Trinajstić information content (AvgIpc) is 3.17. The van der Waals surface area contributed by atoms with Crippen molar-refractivity contribution in [2.75, 3.05) is 7.11 Å². The second kappa shape index (κ2) is 6.29. The molecule has 5 aromatic rings. The molecule has 0 saturated carbocycles. The molecule has 130 valence electrons. The Hall–Kier alpha value is -3.59. The molecule has 1 aromatic heterocycles. The lowest BCUT2D eigenvalue weighted by atomic mass is 9.99. The number of rotatable bonds is 3. The molecule has 1 heterocycles. The zero-order chi connectivity index (χ0) is 18.2. The molecule has 0 aliphatic rings. The van der Waals surface area contributed by atoms with Gasteiger partial charge in [-0.05, 0) is 58.3 Å². The van der Waals surface area contributed by atoms with Crippen LogP contribution < -0.4 is 4.74 Å². The van der Waals surface area contributed by atoms with Gasteiger partial charge in [-0.15, -0.1) is 0 Å². The minimum Gasteiger partial charge on any atom is -0.497 e. The molecule has 1 N–H and O–H groups in total. The van der Waals surface area contributed by atoms with Crippen LogP contribution in [0.4, 0.5) is 0 Å². The van der Waals surface area contributed by atoms with Crippen LogP contribution in [0.25, 0.3) is 44.3 Å². The first-order valence-electron chi connectivity index (χ1n) is 8.93. The molecule has 0 amide bonds. The summed E-state index contributed by atoms with van der Waals surface area (Å²) >= 11 is 0. The number of aromatic nitrogens is 2. The van der Waals surface area contributed by atoms with Crippen molar-refractivity contribution in [3.63, 3.8) is 0 Å². The maximum atomic E-state index is 5.32. The van der Waals surface area contributed by atoms with Crippen LogP contribution in [0, 0.1) is 0 Å². The van der Waals surface area contributed by atoms with E-state index in [4.69, 9.17) is 9.72 Å². The van der Waals surface area contributed by atoms with E-state index in [2.05, 4.69) is 59.6 Å². The van der Waals surface area contributed by atoms with Gasteiger partial charge in [0.25, 0.3) is 0 Å². The van der Waals surface area contributed by atoms with Gasteiger partial charge in [0, 0.05) is 5.56 Å². The number of methoxy groups -OCH3 is 1. The first-order valence-corrected chi connectivity index (χ1v) is 8.93. The number of fused-ring (bicyclic) bond motifs is 2. The van der Waals surface area contributed by atoms with Crippen molar-refractivity contribution in [2.24, 2.45) is 0 Å². The summed E-state index contributed by atoms with van der Waals surface area (Å²) in [6.45, 7) is 0. The van der Waals surface area contributed by atoms with Gasteiger partial charge in [-0.3, -0.25) is 0 Å². The van der Waals surface area contributed by atoms with Crippen LogP contribution in [0.1, 0.15) is 0 Å². The summed E-state index contributed by atoms with van der Waals surface area (Å²) in [4.78, 5) is 8.13. The van der Waals surface area contributed by atoms with E-state index < -0.39 is 0 Å². The van der Waals surface area contributed by atoms with Gasteiger partial charge in [-0.1, -0.05) is 48.5 Å². The van der Waals surface area contributed by atoms with Gasteiger partial charge in [0.1, 0.15) is 11.6 Å². The van der Waals surface area contributed by atoms with Gasteiger partial charge < -0.3 is 9.72 Å². The number of hydrogen-bond acceptors (Lipinski definition) is 2. The Labute approximate surface area is 157 Å². The van der Waals surface area contributed by atoms with Crippen molar-refractivity contribution in [3.05, 3.63) is 84.9 Å². The molecule has 0 radical (unpaired) electrons. The zero-order valence-electron chi connectivity index (χ0n) is 14.9. The number of aromatic amines is 1. The van der Waals surface area contributed by atoms with E-state index >= 15 is 0 Å². The van der Waals surface area contributed by atoms with Crippen molar-refractivity contribution in [1.29, 1.82) is 0 Å². The number of para-hydroxylation sites is 2. The molecule has 0 fully saturated rings. The number of H-pyrrole nitrogens is 1. The number of benzene rings is 4. The molecular formula is C24H18N2O. The standard InChI is InChI=1S/C24H18N2O/c1-27-21-12-11-18-13-17(9-10-19(18)15-21)16-5-4-6-20(14-16)24-25-22-7-2-3-8-23(22)26-24/h2-15H,1H3,(H,25,26). The topological polar surface area (TPSA) is 37.9 Å². The van der Waals surface area contributed by atoms with Crippen molar-refractivity contribution in [3.8, 4) is 28.3 Å². The highest BCUT2D eigenvalue weighted by Gasteiger charge is 2.07. The van der Waals surface area contributed by atoms with Crippen LogP contribution in [-0.4, -0.2) is 17.1 Å². The Bertz CT molecular complexity index is 1240. The maximum absolute atomic E-state index is 5.32. The number of nitrogens with one attached hydrogen (secondary N) is 1. The van der Waals surface area contributed by atoms with E-state index in [0.717, 1.165) is 28.2 Å². The van der Waals surface area contributed by atoms with Crippen molar-refractivity contribution >= 4 is 21.8 Å². The molecule has 3 nitrogen and oxygen atoms in total. The number of nitrogens with zero attached hydrogens (tertiary/aromatic N) is 1. The fourth-order valence-corrected chi connectivity index (χ4v) is 3.47. The molecule has 0 atom stereocenters. The lowest BCUT2D eigenvalue weighted by Gasteiger charge is -2.07. The lowest BCUT2D eigenvalue weighted by molar-refractivity contribution is 0.415. The van der Waals surface area contributed by atoms with E-state index in [1.807, 2.05) is 30.3 Å². The second-order valence-corrected chi connectivity index (χ2v) is 6.61. The largest absolute Gasteiger partial charge is 0.497 e. The highest BCUT2D eigenvalue weighted by Crippen LogP contribution is 2.29. The Balaban J connectivity index is 1.57. The van der Waals surface area contributed by atoms with Crippen molar-refractivity contribution in [2.45, 2.75) is 0 Å². The fourth-order valence-electron chi connectivity index (χ4n) is 3.47. The van der Waals surface area contributed by atoms with Crippen LogP contribution in [-0.2, 0) is 0 Å². The maximum Gasteiger partial charge on any atom is 0.138 e. The Morgan fingerprint density at radius 2 is 1.48 bits per heavy atom. The Kier molecular flexibility index (Phi) is 3.65. The monoisotopic (exact) mass is 350 g/mol. The third kappa shape index (κ3) is 2.83. The third-order valence-electron chi connectivity index (χ3n) is 4.91. The summed E-state index contributed by atoms with van der Waals surface area (Å²) in [7, 11) is 1.69. The second-order valence-electron chi connectivity index (χ2n) is 6.61. The summed E-state index contributed by atoms with van der Waals surface area (Å²) in [6, 6.07) is 29.2. The van der Waals surface area contributed by atoms with E-state index in [-0.39, 0.29) is 0 Å². The number of ether oxygens (including phenoxy) is 1. The highest BCUT2D eigenvalue weighted by atomic mass is 16.5. The van der Waals surface area contributed by atoms with Crippen LogP contribution in [0.5, 0.6) is 5.75 Å². The van der Waals surface area contributed by atoms with Gasteiger partial charge >= 0.3 is 0 Å². The zero-order valence-corrected chi connectivity index (χ0v) is 14.9. The first-order chi connectivity index (χ1) is 13.3. The minimum absolute atomic E-state index is 0.877. The van der Waals surface area contributed by atoms with E-state index in [0.29, 0.717) is 0 Å². The normalized spacial score (nSPS) is 11.1. The quantitative estimate of drug-likeness (QED) is 0.429. The minimum atomic E-state index is 0.877. The number of hydrogen-bond donors (Lipinski definition) is 1. The summed E-state index contributed by atoms with van der Waals surface area (Å²) in [5, 5.41) is 2.37. The van der Waals surface area contributed by atoms with E-state index in [9.17, 15) is 0 Å². The van der Waals surface area contributed by atoms with Gasteiger partial charge in [-0.2, -0.15) is 0 Å². The Morgan fingerprint density at radius 3 is 2.37 bits per heavy atom. The average molecular weight is 350 g/mol. The van der Waals surface area contributed by atoms with Gasteiger partial charge in [0.05, 0.1) is 18.1 Å². The summed E-state index contributed by atoms with van der Waals surface area (Å²) in [5.41, 5.74) is 5.48. The van der Waals surface area contributed by atoms with Crippen molar-refractivity contribution in [1.82, 2.24) is 9.97 Å². The predicted molar refractivity (Wildman–Crippen MR) is 111 cm³/mol. The fraction of sp³-hybridized carbons (Fsp3) is 0.0417. The van der Waals surface area contributed by atoms with Crippen LogP contribution in [0.15, 0.2) is 84.9 Å². The molecular weight excluding hydrogens is 332 g/mol. The number of imidazole rings is 1. The predicted octanol–water partition coefficient (Wildman–Crippen LogP) is 6.06. The van der Waals surface area contributed by atoms with Gasteiger partial charge in [0.15, 0.2) is 0 Å². The van der Waals surface area contributed by atoms with E-state index in [1.165, 1.54) is 21.9 Å². The van der Waals surface area contributed by atoms with Gasteiger partial charge in [-0.25, -0.2) is 4.98 Å². The first kappa shape index (κ1) is 15.6. The molecule has 0 aliphatic carbocycles. The molecule has 0 spiro atoms. The van der Waals surface area contributed by atoms with Crippen LogP contribution >= 0.6 is 0 Å². The lowest BCUT2D eigenvalue weighted by Crippen LogP contribution is -1.85. The molecule has 3 heteroatoms. The third-order valence-corrected chi connectivity index (χ3v) is 4.91. The molecule has 4 aromatic carbocycles. The molecule has 0 aliphatic heterocycles.